The van der Waals surface area contributed by atoms with Crippen LogP contribution in [0.1, 0.15) is 19.4 Å². The van der Waals surface area contributed by atoms with Crippen LogP contribution in [-0.2, 0) is 4.74 Å². The van der Waals surface area contributed by atoms with Gasteiger partial charge in [-0.25, -0.2) is 0 Å². The maximum Gasteiger partial charge on any atom is 0.0991 e. The largest absolute Gasteiger partial charge is 0.398 e. The van der Waals surface area contributed by atoms with E-state index < -0.39 is 0 Å². The number of nitriles is 1. The summed E-state index contributed by atoms with van der Waals surface area (Å²) in [6.07, 6.45) is 4.00. The van der Waals surface area contributed by atoms with Crippen molar-refractivity contribution in [2.24, 2.45) is 0 Å². The van der Waals surface area contributed by atoms with Crippen molar-refractivity contribution in [3.8, 4) is 28.3 Å². The second-order valence-corrected chi connectivity index (χ2v) is 8.69. The van der Waals surface area contributed by atoms with E-state index in [4.69, 9.17) is 20.7 Å². The number of benzene rings is 3. The van der Waals surface area contributed by atoms with Gasteiger partial charge in [0, 0.05) is 41.5 Å². The molecule has 3 aromatic carbocycles. The van der Waals surface area contributed by atoms with Crippen molar-refractivity contribution in [3.63, 3.8) is 0 Å². The van der Waals surface area contributed by atoms with Crippen LogP contribution in [-0.4, -0.2) is 36.5 Å². The summed E-state index contributed by atoms with van der Waals surface area (Å²) in [6.45, 7) is 6.01. The van der Waals surface area contributed by atoms with Crippen LogP contribution in [0, 0.1) is 11.3 Å². The molecule has 0 saturated carbocycles. The van der Waals surface area contributed by atoms with Gasteiger partial charge in [-0.15, -0.1) is 0 Å². The Kier molecular flexibility index (Phi) is 7.60. The van der Waals surface area contributed by atoms with Crippen LogP contribution in [0.5, 0.6) is 0 Å². The molecular weight excluding hydrogens is 452 g/mol. The molecule has 35 heavy (non-hydrogen) atoms. The van der Waals surface area contributed by atoms with Gasteiger partial charge in [-0.2, -0.15) is 17.9 Å². The first-order valence-electron chi connectivity index (χ1n) is 11.7. The summed E-state index contributed by atoms with van der Waals surface area (Å²) in [5, 5.41) is 10.00. The van der Waals surface area contributed by atoms with Gasteiger partial charge in [0.25, 0.3) is 0 Å². The molecule has 1 fully saturated rings. The van der Waals surface area contributed by atoms with Crippen LogP contribution in [0.4, 0.5) is 11.4 Å². The number of nitrogens with zero attached hydrogens (tertiary/aromatic N) is 3. The standard InChI is InChI=1S/C28H26N4O.CH4S/c1-18-16-32(17-19(2)33-18)23-12-10-22(11-13-23)26-15-31-28-24(4-3-5-25(28)27(26)30)21-8-6-20(14-29)7-9-21;1-2/h3-13,15,18-19H,16-17H2,1-2H3,(H2,30,31);2H,1H3. The minimum atomic E-state index is 0.221. The Morgan fingerprint density at radius 3 is 2.14 bits per heavy atom. The van der Waals surface area contributed by atoms with Crippen LogP contribution < -0.4 is 10.6 Å². The van der Waals surface area contributed by atoms with E-state index in [2.05, 4.69) is 61.7 Å². The highest BCUT2D eigenvalue weighted by Crippen LogP contribution is 2.36. The molecule has 6 heteroatoms. The zero-order chi connectivity index (χ0) is 24.9. The first-order chi connectivity index (χ1) is 17.0. The van der Waals surface area contributed by atoms with Gasteiger partial charge in [0.05, 0.1) is 35.0 Å². The third-order valence-corrected chi connectivity index (χ3v) is 6.23. The molecule has 178 valence electrons. The third kappa shape index (κ3) is 5.12. The van der Waals surface area contributed by atoms with Gasteiger partial charge in [0.15, 0.2) is 0 Å². The highest BCUT2D eigenvalue weighted by molar-refractivity contribution is 7.79. The first kappa shape index (κ1) is 24.6. The van der Waals surface area contributed by atoms with Crippen LogP contribution in [0.2, 0.25) is 0 Å². The van der Waals surface area contributed by atoms with Crippen molar-refractivity contribution in [2.45, 2.75) is 26.1 Å². The van der Waals surface area contributed by atoms with Crippen molar-refractivity contribution in [2.75, 3.05) is 30.0 Å². The zero-order valence-corrected chi connectivity index (χ0v) is 21.2. The molecule has 0 bridgehead atoms. The van der Waals surface area contributed by atoms with E-state index in [-0.39, 0.29) is 12.2 Å². The Bertz CT molecular complexity index is 1340. The highest BCUT2D eigenvalue weighted by Gasteiger charge is 2.22. The number of aromatic nitrogens is 1. The van der Waals surface area contributed by atoms with Crippen LogP contribution in [0.3, 0.4) is 0 Å². The molecule has 0 amide bonds. The third-order valence-electron chi connectivity index (χ3n) is 6.23. The smallest absolute Gasteiger partial charge is 0.0991 e. The van der Waals surface area contributed by atoms with E-state index in [0.29, 0.717) is 5.56 Å². The summed E-state index contributed by atoms with van der Waals surface area (Å²) >= 11 is 3.53. The molecule has 5 rings (SSSR count). The topological polar surface area (TPSA) is 75.2 Å². The fourth-order valence-corrected chi connectivity index (χ4v) is 4.67. The van der Waals surface area contributed by atoms with Crippen LogP contribution in [0.25, 0.3) is 33.2 Å². The number of anilines is 2. The number of pyridine rings is 1. The number of thiol groups is 1. The summed E-state index contributed by atoms with van der Waals surface area (Å²) in [7, 11) is 0. The lowest BCUT2D eigenvalue weighted by molar-refractivity contribution is -0.00521. The number of hydrogen-bond acceptors (Lipinski definition) is 6. The van der Waals surface area contributed by atoms with Crippen molar-refractivity contribution >= 4 is 34.9 Å². The zero-order valence-electron chi connectivity index (χ0n) is 20.3. The van der Waals surface area contributed by atoms with Gasteiger partial charge >= 0.3 is 0 Å². The Balaban J connectivity index is 0.00000141. The second-order valence-electron chi connectivity index (χ2n) is 8.69. The minimum absolute atomic E-state index is 0.221. The Labute approximate surface area is 212 Å². The summed E-state index contributed by atoms with van der Waals surface area (Å²) in [6, 6.07) is 24.3. The van der Waals surface area contributed by atoms with Crippen molar-refractivity contribution in [1.82, 2.24) is 4.98 Å². The van der Waals surface area contributed by atoms with Crippen molar-refractivity contribution < 1.29 is 4.74 Å². The fraction of sp³-hybridized carbons (Fsp3) is 0.241. The molecule has 1 saturated heterocycles. The quantitative estimate of drug-likeness (QED) is 0.341. The molecule has 1 aliphatic rings. The Hall–Kier alpha value is -3.53. The number of ether oxygens (including phenoxy) is 1. The molecule has 2 heterocycles. The SMILES string of the molecule is CC1CN(c2ccc(-c3cnc4c(-c5ccc(C#N)cc5)cccc4c3N)cc2)CC(C)O1.CS. The summed E-state index contributed by atoms with van der Waals surface area (Å²) in [5.74, 6) is 0. The molecule has 0 spiro atoms. The minimum Gasteiger partial charge on any atom is -0.398 e. The van der Waals surface area contributed by atoms with Crippen LogP contribution in [0.15, 0.2) is 72.9 Å². The monoisotopic (exact) mass is 482 g/mol. The van der Waals surface area contributed by atoms with E-state index in [0.717, 1.165) is 51.9 Å². The molecule has 0 radical (unpaired) electrons. The number of fused-ring (bicyclic) bond motifs is 1. The number of para-hydroxylation sites is 1. The Morgan fingerprint density at radius 2 is 1.51 bits per heavy atom. The molecular formula is C29H30N4OS. The van der Waals surface area contributed by atoms with E-state index in [1.54, 1.807) is 6.26 Å². The summed E-state index contributed by atoms with van der Waals surface area (Å²) < 4.78 is 5.86. The fourth-order valence-electron chi connectivity index (χ4n) is 4.67. The van der Waals surface area contributed by atoms with Gasteiger partial charge in [0.2, 0.25) is 0 Å². The van der Waals surface area contributed by atoms with Crippen molar-refractivity contribution in [3.05, 3.63) is 78.5 Å². The van der Waals surface area contributed by atoms with E-state index in [9.17, 15) is 0 Å². The van der Waals surface area contributed by atoms with E-state index >= 15 is 0 Å². The molecule has 2 unspecified atom stereocenters. The van der Waals surface area contributed by atoms with Gasteiger partial charge in [0.1, 0.15) is 0 Å². The van der Waals surface area contributed by atoms with E-state index in [1.807, 2.05) is 48.7 Å². The summed E-state index contributed by atoms with van der Waals surface area (Å²) in [5.41, 5.74) is 14.0. The molecule has 4 aromatic rings. The average molecular weight is 483 g/mol. The lowest BCUT2D eigenvalue weighted by atomic mass is 9.97. The second kappa shape index (κ2) is 10.8. The molecule has 5 nitrogen and oxygen atoms in total. The van der Waals surface area contributed by atoms with E-state index in [1.165, 1.54) is 5.69 Å². The summed E-state index contributed by atoms with van der Waals surface area (Å²) in [4.78, 5) is 7.17. The molecule has 2 atom stereocenters. The Morgan fingerprint density at radius 1 is 0.914 bits per heavy atom. The van der Waals surface area contributed by atoms with Gasteiger partial charge in [-0.05, 0) is 55.5 Å². The van der Waals surface area contributed by atoms with Crippen molar-refractivity contribution in [1.29, 1.82) is 5.26 Å². The number of nitrogens with two attached hydrogens (primary N) is 1. The molecule has 0 aliphatic carbocycles. The molecule has 1 aromatic heterocycles. The normalized spacial score (nSPS) is 17.4. The van der Waals surface area contributed by atoms with Crippen LogP contribution >= 0.6 is 12.6 Å². The maximum atomic E-state index is 9.07. The van der Waals surface area contributed by atoms with Gasteiger partial charge in [-0.3, -0.25) is 4.98 Å². The van der Waals surface area contributed by atoms with Gasteiger partial charge in [-0.1, -0.05) is 42.5 Å². The lowest BCUT2D eigenvalue weighted by Crippen LogP contribution is -2.45. The first-order valence-corrected chi connectivity index (χ1v) is 12.6. The molecule has 1 aliphatic heterocycles. The average Bonchev–Trinajstić information content (AvgIpc) is 2.89. The number of hydrogen-bond donors (Lipinski definition) is 2. The number of morpholine rings is 1. The predicted molar refractivity (Wildman–Crippen MR) is 149 cm³/mol. The lowest BCUT2D eigenvalue weighted by Gasteiger charge is -2.36. The van der Waals surface area contributed by atoms with Gasteiger partial charge < -0.3 is 15.4 Å². The number of nitrogen functional groups attached to an aromatic ring is 1. The number of rotatable bonds is 3. The molecule has 2 N–H and O–H groups in total. The maximum absolute atomic E-state index is 9.07. The predicted octanol–water partition coefficient (Wildman–Crippen LogP) is 6.18. The highest BCUT2D eigenvalue weighted by atomic mass is 32.1.